The molecule has 1 aliphatic rings. The smallest absolute Gasteiger partial charge is 0.273 e. The maximum Gasteiger partial charge on any atom is 0.273 e. The first-order chi connectivity index (χ1) is 16.3. The Bertz CT molecular complexity index is 1370. The summed E-state index contributed by atoms with van der Waals surface area (Å²) in [6.45, 7) is 6.42. The summed E-state index contributed by atoms with van der Waals surface area (Å²) in [4.78, 5) is 26.3. The van der Waals surface area contributed by atoms with E-state index in [1.165, 1.54) is 10.8 Å². The fourth-order valence-corrected chi connectivity index (χ4v) is 4.39. The molecule has 1 aliphatic carbocycles. The second-order valence-corrected chi connectivity index (χ2v) is 10.2. The second kappa shape index (κ2) is 8.60. The van der Waals surface area contributed by atoms with Crippen molar-refractivity contribution >= 4 is 33.5 Å². The molecule has 1 saturated carbocycles. The molecule has 2 N–H and O–H groups in total. The summed E-state index contributed by atoms with van der Waals surface area (Å²) >= 11 is 0. The second-order valence-electron chi connectivity index (χ2n) is 10.2. The lowest BCUT2D eigenvalue weighted by molar-refractivity contribution is -0.125. The van der Waals surface area contributed by atoms with Gasteiger partial charge in [0.15, 0.2) is 5.69 Å². The van der Waals surface area contributed by atoms with Crippen LogP contribution >= 0.6 is 0 Å². The molecule has 34 heavy (non-hydrogen) atoms. The Morgan fingerprint density at radius 1 is 0.971 bits per heavy atom. The van der Waals surface area contributed by atoms with E-state index in [-0.39, 0.29) is 17.9 Å². The zero-order valence-electron chi connectivity index (χ0n) is 19.8. The van der Waals surface area contributed by atoms with Crippen LogP contribution in [0.1, 0.15) is 49.7 Å². The molecular formula is C28H30N4O2. The Labute approximate surface area is 199 Å². The van der Waals surface area contributed by atoms with Crippen molar-refractivity contribution in [1.29, 1.82) is 0 Å². The predicted molar refractivity (Wildman–Crippen MR) is 135 cm³/mol. The molecule has 4 aromatic rings. The average molecular weight is 455 g/mol. The first-order valence-electron chi connectivity index (χ1n) is 11.8. The topological polar surface area (TPSA) is 76.0 Å². The van der Waals surface area contributed by atoms with Gasteiger partial charge in [-0.25, -0.2) is 0 Å². The van der Waals surface area contributed by atoms with Crippen LogP contribution in [0, 0.1) is 5.41 Å². The molecule has 1 aromatic heterocycles. The third-order valence-electron chi connectivity index (χ3n) is 6.40. The zero-order valence-corrected chi connectivity index (χ0v) is 19.8. The number of carbonyl (C=O) groups excluding carboxylic acids is 2. The van der Waals surface area contributed by atoms with Gasteiger partial charge in [-0.05, 0) is 40.7 Å². The molecule has 6 heteroatoms. The minimum Gasteiger partial charge on any atom is -0.352 e. The number of hydrogen-bond acceptors (Lipinski definition) is 3. The van der Waals surface area contributed by atoms with E-state index < -0.39 is 11.5 Å². The van der Waals surface area contributed by atoms with Gasteiger partial charge in [0.25, 0.3) is 5.91 Å². The molecule has 2 amide bonds. The van der Waals surface area contributed by atoms with Gasteiger partial charge in [-0.2, -0.15) is 5.10 Å². The van der Waals surface area contributed by atoms with Crippen molar-refractivity contribution in [3.63, 3.8) is 0 Å². The fraction of sp³-hybridized carbons (Fsp3) is 0.321. The molecule has 174 valence electrons. The average Bonchev–Trinajstić information content (AvgIpc) is 3.56. The molecule has 3 aromatic carbocycles. The highest BCUT2D eigenvalue weighted by Crippen LogP contribution is 2.26. The lowest BCUT2D eigenvalue weighted by Crippen LogP contribution is -2.54. The molecule has 0 bridgehead atoms. The Morgan fingerprint density at radius 3 is 2.38 bits per heavy atom. The molecule has 0 spiro atoms. The van der Waals surface area contributed by atoms with Crippen LogP contribution in [0.5, 0.6) is 0 Å². The number of aromatic nitrogens is 2. The summed E-state index contributed by atoms with van der Waals surface area (Å²) in [7, 11) is 0. The number of amides is 2. The van der Waals surface area contributed by atoms with E-state index >= 15 is 0 Å². The van der Waals surface area contributed by atoms with Gasteiger partial charge < -0.3 is 10.6 Å². The molecule has 0 aliphatic heterocycles. The van der Waals surface area contributed by atoms with Crippen molar-refractivity contribution in [2.45, 2.75) is 52.2 Å². The molecule has 0 saturated heterocycles. The van der Waals surface area contributed by atoms with Gasteiger partial charge in [-0.15, -0.1) is 0 Å². The van der Waals surface area contributed by atoms with Crippen LogP contribution in [0.2, 0.25) is 0 Å². The zero-order chi connectivity index (χ0) is 23.9. The number of hydrogen-bond donors (Lipinski definition) is 2. The highest BCUT2D eigenvalue weighted by Gasteiger charge is 2.36. The quantitative estimate of drug-likeness (QED) is 0.445. The number of rotatable bonds is 6. The third kappa shape index (κ3) is 4.40. The van der Waals surface area contributed by atoms with E-state index in [2.05, 4.69) is 34.9 Å². The van der Waals surface area contributed by atoms with Crippen molar-refractivity contribution in [2.75, 3.05) is 0 Å². The highest BCUT2D eigenvalue weighted by atomic mass is 16.2. The van der Waals surface area contributed by atoms with E-state index in [0.29, 0.717) is 12.2 Å². The van der Waals surface area contributed by atoms with Crippen molar-refractivity contribution < 1.29 is 9.59 Å². The Kier molecular flexibility index (Phi) is 5.60. The summed E-state index contributed by atoms with van der Waals surface area (Å²) in [6, 6.07) is 21.8. The molecular weight excluding hydrogens is 424 g/mol. The molecule has 0 radical (unpaired) electrons. The van der Waals surface area contributed by atoms with Gasteiger partial charge in [0.2, 0.25) is 5.91 Å². The number of para-hydroxylation sites is 1. The minimum atomic E-state index is -0.650. The summed E-state index contributed by atoms with van der Waals surface area (Å²) in [5.74, 6) is -0.471. The summed E-state index contributed by atoms with van der Waals surface area (Å²) in [6.07, 6.45) is 2.00. The number of carbonyl (C=O) groups is 2. The molecule has 6 nitrogen and oxygen atoms in total. The summed E-state index contributed by atoms with van der Waals surface area (Å²) in [5, 5.41) is 13.9. The van der Waals surface area contributed by atoms with E-state index in [1.54, 1.807) is 0 Å². The molecule has 1 fully saturated rings. The standard InChI is InChI=1S/C28H30N4O2/c1-28(2,3)25(27(34)29-20-15-16-20)30-26(33)24-22-13-6-7-14-23(22)32(31-24)17-19-11-8-10-18-9-4-5-12-21(18)19/h4-14,20,25H,15-17H2,1-3H3,(H,29,34)(H,30,33). The van der Waals surface area contributed by atoms with Gasteiger partial charge >= 0.3 is 0 Å². The Morgan fingerprint density at radius 2 is 1.65 bits per heavy atom. The van der Waals surface area contributed by atoms with Crippen molar-refractivity contribution in [1.82, 2.24) is 20.4 Å². The van der Waals surface area contributed by atoms with E-state index in [9.17, 15) is 9.59 Å². The molecule has 1 heterocycles. The van der Waals surface area contributed by atoms with Crippen molar-refractivity contribution in [2.24, 2.45) is 5.41 Å². The predicted octanol–water partition coefficient (Wildman–Crippen LogP) is 4.66. The molecule has 5 rings (SSSR count). The van der Waals surface area contributed by atoms with Crippen LogP contribution in [-0.2, 0) is 11.3 Å². The van der Waals surface area contributed by atoms with E-state index in [1.807, 2.05) is 67.9 Å². The van der Waals surface area contributed by atoms with Crippen LogP contribution < -0.4 is 10.6 Å². The van der Waals surface area contributed by atoms with Crippen LogP contribution in [0.4, 0.5) is 0 Å². The largest absolute Gasteiger partial charge is 0.352 e. The minimum absolute atomic E-state index is 0.136. The lowest BCUT2D eigenvalue weighted by Gasteiger charge is -2.30. The van der Waals surface area contributed by atoms with E-state index in [4.69, 9.17) is 5.10 Å². The number of benzene rings is 3. The van der Waals surface area contributed by atoms with Crippen LogP contribution in [0.25, 0.3) is 21.7 Å². The van der Waals surface area contributed by atoms with Gasteiger partial charge in [0.1, 0.15) is 6.04 Å². The summed E-state index contributed by atoms with van der Waals surface area (Å²) < 4.78 is 1.88. The van der Waals surface area contributed by atoms with Gasteiger partial charge in [0, 0.05) is 11.4 Å². The van der Waals surface area contributed by atoms with Crippen LogP contribution in [-0.4, -0.2) is 33.7 Å². The lowest BCUT2D eigenvalue weighted by atomic mass is 9.86. The van der Waals surface area contributed by atoms with E-state index in [0.717, 1.165) is 29.3 Å². The molecule has 1 atom stereocenters. The van der Waals surface area contributed by atoms with Crippen LogP contribution in [0.15, 0.2) is 66.7 Å². The number of nitrogens with one attached hydrogen (secondary N) is 2. The monoisotopic (exact) mass is 454 g/mol. The van der Waals surface area contributed by atoms with Gasteiger partial charge in [0.05, 0.1) is 12.1 Å². The fourth-order valence-electron chi connectivity index (χ4n) is 4.39. The first kappa shape index (κ1) is 22.1. The summed E-state index contributed by atoms with van der Waals surface area (Å²) in [5.41, 5.74) is 1.92. The number of nitrogens with zero attached hydrogens (tertiary/aromatic N) is 2. The SMILES string of the molecule is CC(C)(C)C(NC(=O)c1nn(Cc2cccc3ccccc23)c2ccccc12)C(=O)NC1CC1. The van der Waals surface area contributed by atoms with Gasteiger partial charge in [-0.1, -0.05) is 81.4 Å². The maximum absolute atomic E-state index is 13.4. The van der Waals surface area contributed by atoms with Gasteiger partial charge in [-0.3, -0.25) is 14.3 Å². The normalized spacial score (nSPS) is 14.8. The highest BCUT2D eigenvalue weighted by molar-refractivity contribution is 6.06. The number of fused-ring (bicyclic) bond motifs is 2. The van der Waals surface area contributed by atoms with Crippen molar-refractivity contribution in [3.8, 4) is 0 Å². The van der Waals surface area contributed by atoms with Crippen LogP contribution in [0.3, 0.4) is 0 Å². The van der Waals surface area contributed by atoms with Crippen molar-refractivity contribution in [3.05, 3.63) is 78.0 Å². The Balaban J connectivity index is 1.48. The first-order valence-corrected chi connectivity index (χ1v) is 11.8. The Hall–Kier alpha value is -3.67. The third-order valence-corrected chi connectivity index (χ3v) is 6.40. The molecule has 1 unspecified atom stereocenters. The maximum atomic E-state index is 13.4.